The first-order valence-corrected chi connectivity index (χ1v) is 7.14. The first kappa shape index (κ1) is 13.8. The third-order valence-corrected chi connectivity index (χ3v) is 3.98. The van der Waals surface area contributed by atoms with E-state index in [1.54, 1.807) is 6.07 Å². The van der Waals surface area contributed by atoms with Gasteiger partial charge in [-0.1, -0.05) is 0 Å². The van der Waals surface area contributed by atoms with Crippen LogP contribution in [0, 0.1) is 13.8 Å². The van der Waals surface area contributed by atoms with E-state index in [1.165, 1.54) is 0 Å². The number of nitrogens with zero attached hydrogens (tertiary/aromatic N) is 3. The number of aromatic nitrogens is 4. The highest BCUT2D eigenvalue weighted by Gasteiger charge is 2.20. The van der Waals surface area contributed by atoms with E-state index in [9.17, 15) is 4.79 Å². The SMILES string of the molecule is Cc1nn(C)c(C)c1-c1cc(C(=O)NC2CCNC2)[nH]n1. The third-order valence-electron chi connectivity index (χ3n) is 3.98. The summed E-state index contributed by atoms with van der Waals surface area (Å²) in [6.07, 6.45) is 0.966. The zero-order valence-corrected chi connectivity index (χ0v) is 12.5. The van der Waals surface area contributed by atoms with Gasteiger partial charge >= 0.3 is 0 Å². The van der Waals surface area contributed by atoms with E-state index in [1.807, 2.05) is 25.6 Å². The molecular weight excluding hydrogens is 268 g/mol. The number of H-pyrrole nitrogens is 1. The molecule has 2 aromatic heterocycles. The highest BCUT2D eigenvalue weighted by Crippen LogP contribution is 2.25. The number of aryl methyl sites for hydroxylation is 2. The quantitative estimate of drug-likeness (QED) is 0.768. The number of nitrogens with one attached hydrogen (secondary N) is 3. The summed E-state index contributed by atoms with van der Waals surface area (Å²) in [7, 11) is 1.90. The van der Waals surface area contributed by atoms with Gasteiger partial charge in [-0.15, -0.1) is 0 Å². The second-order valence-corrected chi connectivity index (χ2v) is 5.50. The minimum absolute atomic E-state index is 0.110. The molecule has 3 heterocycles. The number of hydrogen-bond acceptors (Lipinski definition) is 4. The Hall–Kier alpha value is -2.15. The fraction of sp³-hybridized carbons (Fsp3) is 0.500. The molecule has 1 saturated heterocycles. The Morgan fingerprint density at radius 3 is 2.90 bits per heavy atom. The fourth-order valence-electron chi connectivity index (χ4n) is 2.75. The van der Waals surface area contributed by atoms with Crippen LogP contribution in [0.4, 0.5) is 0 Å². The van der Waals surface area contributed by atoms with Crippen molar-refractivity contribution in [2.24, 2.45) is 7.05 Å². The van der Waals surface area contributed by atoms with Crippen molar-refractivity contribution in [3.8, 4) is 11.3 Å². The predicted molar refractivity (Wildman–Crippen MR) is 79.0 cm³/mol. The molecule has 0 radical (unpaired) electrons. The van der Waals surface area contributed by atoms with Crippen LogP contribution >= 0.6 is 0 Å². The van der Waals surface area contributed by atoms with Gasteiger partial charge in [0.2, 0.25) is 0 Å². The van der Waals surface area contributed by atoms with Crippen LogP contribution in [-0.2, 0) is 7.05 Å². The Balaban J connectivity index is 1.81. The average molecular weight is 288 g/mol. The van der Waals surface area contributed by atoms with Gasteiger partial charge in [0.15, 0.2) is 0 Å². The largest absolute Gasteiger partial charge is 0.347 e. The van der Waals surface area contributed by atoms with Gasteiger partial charge in [-0.05, 0) is 32.9 Å². The molecule has 0 spiro atoms. The van der Waals surface area contributed by atoms with E-state index in [2.05, 4.69) is 25.9 Å². The molecule has 21 heavy (non-hydrogen) atoms. The minimum Gasteiger partial charge on any atom is -0.347 e. The molecule has 1 amide bonds. The molecule has 1 aliphatic rings. The first-order chi connectivity index (χ1) is 10.1. The summed E-state index contributed by atoms with van der Waals surface area (Å²) < 4.78 is 1.82. The van der Waals surface area contributed by atoms with Crippen LogP contribution in [0.15, 0.2) is 6.07 Å². The highest BCUT2D eigenvalue weighted by atomic mass is 16.2. The Bertz CT molecular complexity index is 665. The van der Waals surface area contributed by atoms with Crippen LogP contribution in [0.1, 0.15) is 28.3 Å². The van der Waals surface area contributed by atoms with Crippen molar-refractivity contribution in [3.63, 3.8) is 0 Å². The van der Waals surface area contributed by atoms with E-state index >= 15 is 0 Å². The summed E-state index contributed by atoms with van der Waals surface area (Å²) in [6.45, 7) is 5.72. The number of hydrogen-bond donors (Lipinski definition) is 3. The molecule has 0 saturated carbocycles. The first-order valence-electron chi connectivity index (χ1n) is 7.14. The van der Waals surface area contributed by atoms with Gasteiger partial charge in [-0.3, -0.25) is 14.6 Å². The Labute approximate surface area is 123 Å². The molecule has 7 nitrogen and oxygen atoms in total. The molecule has 3 N–H and O–H groups in total. The lowest BCUT2D eigenvalue weighted by Gasteiger charge is -2.09. The molecule has 1 atom stereocenters. The third kappa shape index (κ3) is 2.56. The topological polar surface area (TPSA) is 87.6 Å². The maximum Gasteiger partial charge on any atom is 0.269 e. The van der Waals surface area contributed by atoms with Crippen LogP contribution in [0.5, 0.6) is 0 Å². The van der Waals surface area contributed by atoms with Crippen LogP contribution in [-0.4, -0.2) is 45.0 Å². The lowest BCUT2D eigenvalue weighted by Crippen LogP contribution is -2.36. The number of aromatic amines is 1. The second kappa shape index (κ2) is 5.33. The summed E-state index contributed by atoms with van der Waals surface area (Å²) in [4.78, 5) is 12.2. The van der Waals surface area contributed by atoms with Crippen LogP contribution in [0.3, 0.4) is 0 Å². The van der Waals surface area contributed by atoms with Crippen molar-refractivity contribution in [2.45, 2.75) is 26.3 Å². The second-order valence-electron chi connectivity index (χ2n) is 5.50. The maximum atomic E-state index is 12.2. The van der Waals surface area contributed by atoms with Crippen molar-refractivity contribution < 1.29 is 4.79 Å². The summed E-state index contributed by atoms with van der Waals surface area (Å²) >= 11 is 0. The van der Waals surface area contributed by atoms with E-state index in [-0.39, 0.29) is 11.9 Å². The van der Waals surface area contributed by atoms with Gasteiger partial charge in [0.1, 0.15) is 5.69 Å². The zero-order chi connectivity index (χ0) is 15.0. The van der Waals surface area contributed by atoms with E-state index in [4.69, 9.17) is 0 Å². The number of carbonyl (C=O) groups excluding carboxylic acids is 1. The number of carbonyl (C=O) groups is 1. The molecule has 0 aromatic carbocycles. The molecule has 112 valence electrons. The van der Waals surface area contributed by atoms with Crippen LogP contribution < -0.4 is 10.6 Å². The molecule has 0 aliphatic carbocycles. The van der Waals surface area contributed by atoms with Crippen molar-refractivity contribution >= 4 is 5.91 Å². The van der Waals surface area contributed by atoms with Crippen molar-refractivity contribution in [2.75, 3.05) is 13.1 Å². The predicted octanol–water partition coefficient (Wildman–Crippen LogP) is 0.519. The van der Waals surface area contributed by atoms with E-state index < -0.39 is 0 Å². The van der Waals surface area contributed by atoms with Crippen molar-refractivity contribution in [1.29, 1.82) is 0 Å². The highest BCUT2D eigenvalue weighted by molar-refractivity contribution is 5.93. The molecule has 1 aliphatic heterocycles. The Kier molecular flexibility index (Phi) is 3.50. The van der Waals surface area contributed by atoms with Crippen LogP contribution in [0.25, 0.3) is 11.3 Å². The summed E-state index contributed by atoms with van der Waals surface area (Å²) in [6, 6.07) is 1.99. The summed E-state index contributed by atoms with van der Waals surface area (Å²) in [5, 5.41) is 17.7. The monoisotopic (exact) mass is 288 g/mol. The van der Waals surface area contributed by atoms with E-state index in [0.717, 1.165) is 42.2 Å². The normalized spacial score (nSPS) is 18.1. The molecule has 1 unspecified atom stereocenters. The van der Waals surface area contributed by atoms with Gasteiger partial charge in [0.05, 0.1) is 11.4 Å². The van der Waals surface area contributed by atoms with Crippen molar-refractivity contribution in [3.05, 3.63) is 23.1 Å². The van der Waals surface area contributed by atoms with Gasteiger partial charge in [-0.2, -0.15) is 10.2 Å². The maximum absolute atomic E-state index is 12.2. The minimum atomic E-state index is -0.110. The lowest BCUT2D eigenvalue weighted by molar-refractivity contribution is 0.0935. The average Bonchev–Trinajstić information content (AvgIpc) is 3.13. The molecule has 1 fully saturated rings. The summed E-state index contributed by atoms with van der Waals surface area (Å²) in [5.41, 5.74) is 4.17. The Morgan fingerprint density at radius 2 is 2.29 bits per heavy atom. The van der Waals surface area contributed by atoms with Gasteiger partial charge in [0, 0.05) is 30.9 Å². The van der Waals surface area contributed by atoms with Crippen molar-refractivity contribution in [1.82, 2.24) is 30.6 Å². The molecule has 3 rings (SSSR count). The lowest BCUT2D eigenvalue weighted by atomic mass is 10.1. The molecule has 0 bridgehead atoms. The Morgan fingerprint density at radius 1 is 1.48 bits per heavy atom. The number of amides is 1. The molecule has 2 aromatic rings. The molecule has 7 heteroatoms. The van der Waals surface area contributed by atoms with Gasteiger partial charge in [-0.25, -0.2) is 0 Å². The van der Waals surface area contributed by atoms with Crippen LogP contribution in [0.2, 0.25) is 0 Å². The standard InChI is InChI=1S/C14H20N6O/c1-8-13(9(2)20(3)19-8)11-6-12(18-17-11)14(21)16-10-4-5-15-7-10/h6,10,15H,4-5,7H2,1-3H3,(H,16,21)(H,17,18). The van der Waals surface area contributed by atoms with E-state index in [0.29, 0.717) is 5.69 Å². The fourth-order valence-corrected chi connectivity index (χ4v) is 2.75. The molecular formula is C14H20N6O. The smallest absolute Gasteiger partial charge is 0.269 e. The van der Waals surface area contributed by atoms with Gasteiger partial charge < -0.3 is 10.6 Å². The van der Waals surface area contributed by atoms with Gasteiger partial charge in [0.25, 0.3) is 5.91 Å². The number of rotatable bonds is 3. The summed E-state index contributed by atoms with van der Waals surface area (Å²) in [5.74, 6) is -0.110. The zero-order valence-electron chi connectivity index (χ0n) is 12.5.